The van der Waals surface area contributed by atoms with Crippen LogP contribution in [0.5, 0.6) is 0 Å². The molecule has 2 nitrogen and oxygen atoms in total. The van der Waals surface area contributed by atoms with Crippen LogP contribution in [0.4, 0.5) is 0 Å². The maximum absolute atomic E-state index is 10.2. The van der Waals surface area contributed by atoms with Crippen LogP contribution in [0.3, 0.4) is 0 Å². The summed E-state index contributed by atoms with van der Waals surface area (Å²) in [4.78, 5) is 0. The van der Waals surface area contributed by atoms with E-state index in [0.717, 1.165) is 37.4 Å². The van der Waals surface area contributed by atoms with Gasteiger partial charge in [0.1, 0.15) is 0 Å². The van der Waals surface area contributed by atoms with Gasteiger partial charge in [-0.1, -0.05) is 38.5 Å². The highest BCUT2D eigenvalue weighted by molar-refractivity contribution is 5.06. The van der Waals surface area contributed by atoms with Crippen molar-refractivity contribution in [3.8, 4) is 0 Å². The van der Waals surface area contributed by atoms with Crippen LogP contribution in [0.1, 0.15) is 57.8 Å². The topological polar surface area (TPSA) is 29.5 Å². The third-order valence-corrected chi connectivity index (χ3v) is 3.92. The highest BCUT2D eigenvalue weighted by atomic mass is 16.5. The predicted octanol–water partition coefficient (Wildman–Crippen LogP) is 3.40. The number of ether oxygens (including phenoxy) is 1. The average molecular weight is 224 g/mol. The lowest BCUT2D eigenvalue weighted by Crippen LogP contribution is -2.18. The summed E-state index contributed by atoms with van der Waals surface area (Å²) in [5.41, 5.74) is 1.12. The molecular formula is C14H24O2. The van der Waals surface area contributed by atoms with Crippen molar-refractivity contribution in [2.24, 2.45) is 5.92 Å². The van der Waals surface area contributed by atoms with Gasteiger partial charge in [-0.15, -0.1) is 0 Å². The first-order valence-electron chi connectivity index (χ1n) is 6.85. The number of aliphatic hydroxyl groups is 1. The Morgan fingerprint density at radius 3 is 2.56 bits per heavy atom. The van der Waals surface area contributed by atoms with Gasteiger partial charge in [-0.3, -0.25) is 0 Å². The third-order valence-electron chi connectivity index (χ3n) is 3.92. The molecule has 0 radical (unpaired) electrons. The summed E-state index contributed by atoms with van der Waals surface area (Å²) in [7, 11) is 0. The van der Waals surface area contributed by atoms with Gasteiger partial charge >= 0.3 is 0 Å². The molecule has 0 aromatic carbocycles. The minimum Gasteiger partial charge on any atom is -0.501 e. The van der Waals surface area contributed by atoms with Gasteiger partial charge in [0.2, 0.25) is 0 Å². The Labute approximate surface area is 98.7 Å². The number of hydrogen-bond donors (Lipinski definition) is 1. The lowest BCUT2D eigenvalue weighted by Gasteiger charge is -2.22. The molecule has 1 N–H and O–H groups in total. The number of hydrogen-bond acceptors (Lipinski definition) is 2. The van der Waals surface area contributed by atoms with E-state index in [1.165, 1.54) is 38.5 Å². The molecule has 1 unspecified atom stereocenters. The van der Waals surface area contributed by atoms with Crippen molar-refractivity contribution in [3.05, 3.63) is 11.8 Å². The smallest absolute Gasteiger partial charge is 0.0876 e. The van der Waals surface area contributed by atoms with Crippen molar-refractivity contribution in [1.29, 1.82) is 0 Å². The molecule has 92 valence electrons. The molecule has 0 saturated heterocycles. The summed E-state index contributed by atoms with van der Waals surface area (Å²) < 4.78 is 5.30. The highest BCUT2D eigenvalue weighted by Gasteiger charge is 2.20. The van der Waals surface area contributed by atoms with Crippen LogP contribution in [-0.4, -0.2) is 17.8 Å². The molecule has 0 bridgehead atoms. The van der Waals surface area contributed by atoms with Crippen LogP contribution in [0.15, 0.2) is 11.8 Å². The van der Waals surface area contributed by atoms with E-state index in [9.17, 15) is 5.11 Å². The van der Waals surface area contributed by atoms with Crippen molar-refractivity contribution in [3.63, 3.8) is 0 Å². The van der Waals surface area contributed by atoms with Gasteiger partial charge in [0.25, 0.3) is 0 Å². The van der Waals surface area contributed by atoms with Crippen LogP contribution in [0.25, 0.3) is 0 Å². The molecule has 2 heteroatoms. The van der Waals surface area contributed by atoms with E-state index >= 15 is 0 Å². The van der Waals surface area contributed by atoms with Crippen LogP contribution >= 0.6 is 0 Å². The maximum Gasteiger partial charge on any atom is 0.0876 e. The van der Waals surface area contributed by atoms with E-state index < -0.39 is 0 Å². The number of aliphatic hydroxyl groups excluding tert-OH is 1. The van der Waals surface area contributed by atoms with E-state index in [0.29, 0.717) is 0 Å². The van der Waals surface area contributed by atoms with Gasteiger partial charge in [-0.25, -0.2) is 0 Å². The number of rotatable bonds is 3. The summed E-state index contributed by atoms with van der Waals surface area (Å²) in [6.45, 7) is 0.819. The fourth-order valence-electron chi connectivity index (χ4n) is 2.90. The summed E-state index contributed by atoms with van der Waals surface area (Å²) in [5.74, 6) is 0.736. The molecule has 1 aliphatic carbocycles. The van der Waals surface area contributed by atoms with Gasteiger partial charge in [0, 0.05) is 0 Å². The molecule has 2 rings (SSSR count). The minimum absolute atomic E-state index is 0.247. The Morgan fingerprint density at radius 2 is 1.94 bits per heavy atom. The van der Waals surface area contributed by atoms with Gasteiger partial charge in [-0.05, 0) is 30.8 Å². The molecule has 0 aromatic rings. The maximum atomic E-state index is 10.2. The molecule has 1 aliphatic heterocycles. The van der Waals surface area contributed by atoms with Gasteiger partial charge < -0.3 is 9.84 Å². The summed E-state index contributed by atoms with van der Waals surface area (Å²) in [6.07, 6.45) is 12.7. The fourth-order valence-corrected chi connectivity index (χ4v) is 2.90. The first kappa shape index (κ1) is 12.0. The zero-order valence-corrected chi connectivity index (χ0v) is 10.2. The van der Waals surface area contributed by atoms with Crippen LogP contribution in [0.2, 0.25) is 0 Å². The monoisotopic (exact) mass is 224 g/mol. The molecule has 0 aromatic heterocycles. The van der Waals surface area contributed by atoms with Gasteiger partial charge in [0.05, 0.1) is 19.0 Å². The van der Waals surface area contributed by atoms with E-state index in [-0.39, 0.29) is 6.10 Å². The standard InChI is InChI=1S/C14H24O2/c15-14(13-8-5-9-16-11-13)10-12-6-3-1-2-4-7-12/h11-12,14-15H,1-10H2. The van der Waals surface area contributed by atoms with Crippen molar-refractivity contribution < 1.29 is 9.84 Å². The summed E-state index contributed by atoms with van der Waals surface area (Å²) in [6, 6.07) is 0. The molecular weight excluding hydrogens is 200 g/mol. The van der Waals surface area contributed by atoms with Crippen molar-refractivity contribution in [2.45, 2.75) is 63.9 Å². The average Bonchev–Trinajstić information content (AvgIpc) is 2.59. The van der Waals surface area contributed by atoms with Crippen molar-refractivity contribution >= 4 is 0 Å². The quantitative estimate of drug-likeness (QED) is 0.744. The zero-order chi connectivity index (χ0) is 11.2. The Kier molecular flexibility index (Phi) is 4.70. The first-order valence-corrected chi connectivity index (χ1v) is 6.85. The second-order valence-corrected chi connectivity index (χ2v) is 5.28. The van der Waals surface area contributed by atoms with Crippen LogP contribution in [0, 0.1) is 5.92 Å². The fraction of sp³-hybridized carbons (Fsp3) is 0.857. The minimum atomic E-state index is -0.247. The van der Waals surface area contributed by atoms with Gasteiger partial charge in [0.15, 0.2) is 0 Å². The Balaban J connectivity index is 1.80. The summed E-state index contributed by atoms with van der Waals surface area (Å²) >= 11 is 0. The Hall–Kier alpha value is -0.500. The Bertz CT molecular complexity index is 227. The highest BCUT2D eigenvalue weighted by Crippen LogP contribution is 2.29. The van der Waals surface area contributed by atoms with Crippen molar-refractivity contribution in [2.75, 3.05) is 6.61 Å². The van der Waals surface area contributed by atoms with E-state index in [1.54, 1.807) is 6.26 Å². The normalized spacial score (nSPS) is 25.4. The molecule has 1 fully saturated rings. The third kappa shape index (κ3) is 3.51. The van der Waals surface area contributed by atoms with Gasteiger partial charge in [-0.2, -0.15) is 0 Å². The van der Waals surface area contributed by atoms with E-state index in [4.69, 9.17) is 4.74 Å². The van der Waals surface area contributed by atoms with Crippen LogP contribution in [-0.2, 0) is 4.74 Å². The lowest BCUT2D eigenvalue weighted by atomic mass is 9.90. The van der Waals surface area contributed by atoms with Crippen molar-refractivity contribution in [1.82, 2.24) is 0 Å². The molecule has 1 atom stereocenters. The largest absolute Gasteiger partial charge is 0.501 e. The molecule has 16 heavy (non-hydrogen) atoms. The Morgan fingerprint density at radius 1 is 1.19 bits per heavy atom. The second kappa shape index (κ2) is 6.29. The second-order valence-electron chi connectivity index (χ2n) is 5.28. The molecule has 0 spiro atoms. The van der Waals surface area contributed by atoms with E-state index in [1.807, 2.05) is 0 Å². The molecule has 2 aliphatic rings. The van der Waals surface area contributed by atoms with Crippen LogP contribution < -0.4 is 0 Å². The SMILES string of the molecule is OC(CC1CCCCCC1)C1=COCCC1. The summed E-state index contributed by atoms with van der Waals surface area (Å²) in [5, 5.41) is 10.2. The molecule has 1 heterocycles. The molecule has 0 amide bonds. The lowest BCUT2D eigenvalue weighted by molar-refractivity contribution is 0.143. The van der Waals surface area contributed by atoms with E-state index in [2.05, 4.69) is 0 Å². The predicted molar refractivity (Wildman–Crippen MR) is 65.1 cm³/mol. The molecule has 1 saturated carbocycles. The first-order chi connectivity index (χ1) is 7.86. The zero-order valence-electron chi connectivity index (χ0n) is 10.2.